The fourth-order valence-corrected chi connectivity index (χ4v) is 4.30. The van der Waals surface area contributed by atoms with Crippen molar-refractivity contribution < 1.29 is 13.9 Å². The Morgan fingerprint density at radius 2 is 1.81 bits per heavy atom. The van der Waals surface area contributed by atoms with Crippen LogP contribution in [0.3, 0.4) is 0 Å². The monoisotopic (exact) mass is 522 g/mol. The summed E-state index contributed by atoms with van der Waals surface area (Å²) in [5, 5.41) is 1.29. The lowest BCUT2D eigenvalue weighted by atomic mass is 10.2. The number of amides is 1. The number of nitrogens with zero attached hydrogens (tertiary/aromatic N) is 2. The molecular weight excluding hydrogens is 503 g/mol. The standard InChI is InChI=1S/C23H21BrCl2N2O3/c24-19-3-1-2-4-21(19)30-15-18-7-8-22(31-18)23(29)28-11-9-27(10-12-28)14-16-5-6-17(25)13-20(16)26/h1-8,13H,9-12,14-15H2. The van der Waals surface area contributed by atoms with Crippen molar-refractivity contribution in [1.29, 1.82) is 0 Å². The number of para-hydroxylation sites is 1. The number of hydrogen-bond donors (Lipinski definition) is 0. The van der Waals surface area contributed by atoms with Crippen molar-refractivity contribution in [3.05, 3.63) is 86.2 Å². The Kier molecular flexibility index (Phi) is 7.23. The summed E-state index contributed by atoms with van der Waals surface area (Å²) in [4.78, 5) is 16.9. The number of ether oxygens (including phenoxy) is 1. The van der Waals surface area contributed by atoms with Crippen LogP contribution in [0, 0.1) is 0 Å². The van der Waals surface area contributed by atoms with Crippen LogP contribution in [0.5, 0.6) is 5.75 Å². The van der Waals surface area contributed by atoms with Gasteiger partial charge in [-0.05, 0) is 57.9 Å². The lowest BCUT2D eigenvalue weighted by molar-refractivity contribution is 0.0594. The molecule has 0 atom stereocenters. The fraction of sp³-hybridized carbons (Fsp3) is 0.261. The first-order valence-corrected chi connectivity index (χ1v) is 11.5. The molecule has 5 nitrogen and oxygen atoms in total. The molecule has 0 N–H and O–H groups in total. The Labute approximate surface area is 199 Å². The van der Waals surface area contributed by atoms with Gasteiger partial charge in [0.1, 0.15) is 18.1 Å². The number of carbonyl (C=O) groups excluding carboxylic acids is 1. The highest BCUT2D eigenvalue weighted by molar-refractivity contribution is 9.10. The molecule has 1 fully saturated rings. The van der Waals surface area contributed by atoms with E-state index in [9.17, 15) is 4.79 Å². The lowest BCUT2D eigenvalue weighted by Crippen LogP contribution is -2.48. The van der Waals surface area contributed by atoms with Crippen molar-refractivity contribution in [3.8, 4) is 5.75 Å². The van der Waals surface area contributed by atoms with E-state index < -0.39 is 0 Å². The Morgan fingerprint density at radius 3 is 2.55 bits per heavy atom. The van der Waals surface area contributed by atoms with Gasteiger partial charge in [0.25, 0.3) is 5.91 Å². The summed E-state index contributed by atoms with van der Waals surface area (Å²) < 4.78 is 12.4. The van der Waals surface area contributed by atoms with Crippen LogP contribution in [0.1, 0.15) is 21.9 Å². The van der Waals surface area contributed by atoms with Gasteiger partial charge < -0.3 is 14.1 Å². The number of furan rings is 1. The molecule has 1 aliphatic heterocycles. The molecule has 1 aliphatic rings. The predicted molar refractivity (Wildman–Crippen MR) is 125 cm³/mol. The van der Waals surface area contributed by atoms with Gasteiger partial charge in [0.05, 0.1) is 4.47 Å². The fourth-order valence-electron chi connectivity index (χ4n) is 3.44. The maximum atomic E-state index is 12.8. The molecule has 2 heterocycles. The molecule has 3 aromatic rings. The summed E-state index contributed by atoms with van der Waals surface area (Å²) in [5.74, 6) is 1.56. The largest absolute Gasteiger partial charge is 0.484 e. The zero-order valence-corrected chi connectivity index (χ0v) is 19.8. The topological polar surface area (TPSA) is 45.9 Å². The molecule has 0 saturated carbocycles. The molecule has 0 unspecified atom stereocenters. The lowest BCUT2D eigenvalue weighted by Gasteiger charge is -2.34. The molecule has 0 spiro atoms. The van der Waals surface area contributed by atoms with Gasteiger partial charge in [-0.15, -0.1) is 0 Å². The second-order valence-corrected chi connectivity index (χ2v) is 8.99. The maximum Gasteiger partial charge on any atom is 0.289 e. The first-order chi connectivity index (χ1) is 15.0. The van der Waals surface area contributed by atoms with Gasteiger partial charge in [-0.1, -0.05) is 41.4 Å². The average Bonchev–Trinajstić information content (AvgIpc) is 3.24. The number of piperazine rings is 1. The summed E-state index contributed by atoms with van der Waals surface area (Å²) >= 11 is 15.7. The Bertz CT molecular complexity index is 1060. The van der Waals surface area contributed by atoms with Crippen LogP contribution < -0.4 is 4.74 Å². The third-order valence-electron chi connectivity index (χ3n) is 5.15. The van der Waals surface area contributed by atoms with Gasteiger partial charge in [-0.3, -0.25) is 9.69 Å². The summed E-state index contributed by atoms with van der Waals surface area (Å²) in [6, 6.07) is 16.6. The summed E-state index contributed by atoms with van der Waals surface area (Å²) in [5.41, 5.74) is 1.03. The smallest absolute Gasteiger partial charge is 0.289 e. The number of rotatable bonds is 6. The van der Waals surface area contributed by atoms with E-state index in [0.717, 1.165) is 35.4 Å². The molecule has 162 valence electrons. The average molecular weight is 524 g/mol. The quantitative estimate of drug-likeness (QED) is 0.404. The molecular formula is C23H21BrCl2N2O3. The van der Waals surface area contributed by atoms with Gasteiger partial charge in [0, 0.05) is 42.8 Å². The molecule has 0 bridgehead atoms. The van der Waals surface area contributed by atoms with Gasteiger partial charge in [0.2, 0.25) is 0 Å². The van der Waals surface area contributed by atoms with Crippen LogP contribution in [0.15, 0.2) is 63.5 Å². The number of hydrogen-bond acceptors (Lipinski definition) is 4. The van der Waals surface area contributed by atoms with Crippen molar-refractivity contribution in [1.82, 2.24) is 9.80 Å². The van der Waals surface area contributed by atoms with Crippen molar-refractivity contribution in [3.63, 3.8) is 0 Å². The first-order valence-electron chi connectivity index (χ1n) is 9.91. The van der Waals surface area contributed by atoms with E-state index in [1.807, 2.05) is 41.3 Å². The zero-order valence-electron chi connectivity index (χ0n) is 16.7. The molecule has 31 heavy (non-hydrogen) atoms. The molecule has 4 rings (SSSR count). The van der Waals surface area contributed by atoms with Crippen molar-refractivity contribution in [2.45, 2.75) is 13.2 Å². The van der Waals surface area contributed by atoms with Crippen LogP contribution in [0.25, 0.3) is 0 Å². The van der Waals surface area contributed by atoms with Gasteiger partial charge in [-0.2, -0.15) is 0 Å². The normalized spacial score (nSPS) is 14.6. The summed E-state index contributed by atoms with van der Waals surface area (Å²) in [7, 11) is 0. The van der Waals surface area contributed by atoms with Crippen molar-refractivity contribution in [2.75, 3.05) is 26.2 Å². The van der Waals surface area contributed by atoms with E-state index in [1.165, 1.54) is 0 Å². The van der Waals surface area contributed by atoms with E-state index in [-0.39, 0.29) is 12.5 Å². The highest BCUT2D eigenvalue weighted by atomic mass is 79.9. The minimum atomic E-state index is -0.101. The van der Waals surface area contributed by atoms with Gasteiger partial charge >= 0.3 is 0 Å². The molecule has 8 heteroatoms. The Hall–Kier alpha value is -1.99. The molecule has 2 aromatic carbocycles. The van der Waals surface area contributed by atoms with E-state index in [2.05, 4.69) is 20.8 Å². The van der Waals surface area contributed by atoms with E-state index >= 15 is 0 Å². The third-order valence-corrected chi connectivity index (χ3v) is 6.39. The van der Waals surface area contributed by atoms with Gasteiger partial charge in [-0.25, -0.2) is 0 Å². The molecule has 1 aromatic heterocycles. The highest BCUT2D eigenvalue weighted by Crippen LogP contribution is 2.25. The molecule has 0 radical (unpaired) electrons. The second-order valence-electron chi connectivity index (χ2n) is 7.29. The summed E-state index contributed by atoms with van der Waals surface area (Å²) in [6.07, 6.45) is 0. The van der Waals surface area contributed by atoms with E-state index in [1.54, 1.807) is 18.2 Å². The SMILES string of the molecule is O=C(c1ccc(COc2ccccc2Br)o1)N1CCN(Cc2ccc(Cl)cc2Cl)CC1. The Balaban J connectivity index is 1.29. The minimum absolute atomic E-state index is 0.101. The van der Waals surface area contributed by atoms with Crippen LogP contribution >= 0.6 is 39.1 Å². The van der Waals surface area contributed by atoms with E-state index in [4.69, 9.17) is 32.4 Å². The van der Waals surface area contributed by atoms with E-state index in [0.29, 0.717) is 34.7 Å². The van der Waals surface area contributed by atoms with Crippen LogP contribution in [0.4, 0.5) is 0 Å². The zero-order chi connectivity index (χ0) is 21.8. The second kappa shape index (κ2) is 10.1. The molecule has 0 aliphatic carbocycles. The number of carbonyl (C=O) groups is 1. The summed E-state index contributed by atoms with van der Waals surface area (Å²) in [6.45, 7) is 3.79. The number of halogens is 3. The van der Waals surface area contributed by atoms with Gasteiger partial charge in [0.15, 0.2) is 5.76 Å². The third kappa shape index (κ3) is 5.63. The van der Waals surface area contributed by atoms with Crippen LogP contribution in [-0.4, -0.2) is 41.9 Å². The van der Waals surface area contributed by atoms with Crippen molar-refractivity contribution >= 4 is 45.0 Å². The molecule has 1 saturated heterocycles. The maximum absolute atomic E-state index is 12.8. The first kappa shape index (κ1) is 22.2. The Morgan fingerprint density at radius 1 is 1.03 bits per heavy atom. The predicted octanol–water partition coefficient (Wildman–Crippen LogP) is 5.89. The number of benzene rings is 2. The van der Waals surface area contributed by atoms with Crippen LogP contribution in [-0.2, 0) is 13.2 Å². The minimum Gasteiger partial charge on any atom is -0.484 e. The van der Waals surface area contributed by atoms with Crippen molar-refractivity contribution in [2.24, 2.45) is 0 Å². The molecule has 1 amide bonds. The van der Waals surface area contributed by atoms with Crippen LogP contribution in [0.2, 0.25) is 10.0 Å². The highest BCUT2D eigenvalue weighted by Gasteiger charge is 2.24.